The highest BCUT2D eigenvalue weighted by Crippen LogP contribution is 2.14. The van der Waals surface area contributed by atoms with Crippen molar-refractivity contribution in [3.05, 3.63) is 24.3 Å². The van der Waals surface area contributed by atoms with Crippen molar-refractivity contribution in [3.8, 4) is 0 Å². The van der Waals surface area contributed by atoms with Gasteiger partial charge in [-0.15, -0.1) is 0 Å². The molecule has 0 aliphatic heterocycles. The highest BCUT2D eigenvalue weighted by molar-refractivity contribution is 7.85. The third-order valence-corrected chi connectivity index (χ3v) is 9.01. The Labute approximate surface area is 271 Å². The van der Waals surface area contributed by atoms with Crippen molar-refractivity contribution in [3.63, 3.8) is 0 Å². The molecule has 1 amide bonds. The number of amides is 1. The van der Waals surface area contributed by atoms with Crippen LogP contribution in [0.5, 0.6) is 0 Å². The smallest absolute Gasteiger partial charge is 0.267 e. The number of aliphatic hydroxyl groups is 2. The van der Waals surface area contributed by atoms with E-state index in [2.05, 4.69) is 31.3 Å². The predicted molar refractivity (Wildman–Crippen MR) is 185 cm³/mol. The lowest BCUT2D eigenvalue weighted by molar-refractivity contribution is -0.130. The van der Waals surface area contributed by atoms with Crippen LogP contribution in [-0.4, -0.2) is 53.1 Å². The summed E-state index contributed by atoms with van der Waals surface area (Å²) in [6, 6.07) is -1.23. The highest BCUT2D eigenvalue weighted by Gasteiger charge is 2.27. The summed E-state index contributed by atoms with van der Waals surface area (Å²) in [4.78, 5) is 12.5. The number of hydrogen-bond donors (Lipinski definition) is 4. The maximum absolute atomic E-state index is 12.5. The first-order chi connectivity index (χ1) is 21.2. The van der Waals surface area contributed by atoms with E-state index >= 15 is 0 Å². The number of rotatable bonds is 32. The van der Waals surface area contributed by atoms with Crippen LogP contribution in [0.3, 0.4) is 0 Å². The van der Waals surface area contributed by atoms with Gasteiger partial charge in [-0.05, 0) is 38.5 Å². The number of allylic oxidation sites excluding steroid dienone is 3. The molecule has 0 aromatic rings. The maximum Gasteiger partial charge on any atom is 0.267 e. The average molecular weight is 644 g/mol. The van der Waals surface area contributed by atoms with E-state index in [1.165, 1.54) is 102 Å². The van der Waals surface area contributed by atoms with Gasteiger partial charge in [0, 0.05) is 0 Å². The van der Waals surface area contributed by atoms with Gasteiger partial charge in [0.25, 0.3) is 10.1 Å². The van der Waals surface area contributed by atoms with Crippen molar-refractivity contribution in [2.45, 2.75) is 193 Å². The van der Waals surface area contributed by atoms with E-state index in [0.29, 0.717) is 6.42 Å². The van der Waals surface area contributed by atoms with Crippen LogP contribution in [-0.2, 0) is 14.9 Å². The molecule has 3 unspecified atom stereocenters. The highest BCUT2D eigenvalue weighted by atomic mass is 32.2. The van der Waals surface area contributed by atoms with Gasteiger partial charge in [0.05, 0.1) is 17.9 Å². The first kappa shape index (κ1) is 42.8. The first-order valence-electron chi connectivity index (χ1n) is 18.1. The minimum Gasteiger partial charge on any atom is -0.387 e. The lowest BCUT2D eigenvalue weighted by atomic mass is 10.0. The van der Waals surface area contributed by atoms with Crippen molar-refractivity contribution in [2.24, 2.45) is 0 Å². The molecule has 0 spiro atoms. The number of carbonyl (C=O) groups excluding carboxylic acids is 1. The van der Waals surface area contributed by atoms with E-state index in [4.69, 9.17) is 0 Å². The summed E-state index contributed by atoms with van der Waals surface area (Å²) in [5, 5.41) is 23.2. The second-order valence-corrected chi connectivity index (χ2v) is 14.1. The van der Waals surface area contributed by atoms with Gasteiger partial charge in [-0.3, -0.25) is 9.35 Å². The summed E-state index contributed by atoms with van der Waals surface area (Å²) in [6.45, 7) is 4.44. The Kier molecular flexibility index (Phi) is 29.6. The van der Waals surface area contributed by atoms with E-state index in [-0.39, 0.29) is 6.42 Å². The Hall–Kier alpha value is -1.22. The van der Waals surface area contributed by atoms with Crippen LogP contribution in [0.2, 0.25) is 0 Å². The molecule has 0 aliphatic carbocycles. The molecule has 0 aliphatic rings. The SMILES string of the molecule is CCCC/C=C\CCCCCCC(O)C(=O)NC(CS(=O)(=O)O)C(O)/C=C/CCCCCCCCCCCCCCCCC. The van der Waals surface area contributed by atoms with Crippen LogP contribution in [0.1, 0.15) is 174 Å². The van der Waals surface area contributed by atoms with Crippen LogP contribution >= 0.6 is 0 Å². The second kappa shape index (κ2) is 30.4. The molecule has 4 N–H and O–H groups in total. The van der Waals surface area contributed by atoms with Gasteiger partial charge in [-0.2, -0.15) is 8.42 Å². The molecule has 0 rings (SSSR count). The van der Waals surface area contributed by atoms with Crippen LogP contribution in [0.4, 0.5) is 0 Å². The molecule has 0 fully saturated rings. The van der Waals surface area contributed by atoms with Gasteiger partial charge >= 0.3 is 0 Å². The molecule has 260 valence electrons. The molecule has 0 radical (unpaired) electrons. The van der Waals surface area contributed by atoms with E-state index in [9.17, 15) is 28.0 Å². The molecule has 0 aromatic carbocycles. The van der Waals surface area contributed by atoms with Crippen molar-refractivity contribution in [2.75, 3.05) is 5.75 Å². The first-order valence-corrected chi connectivity index (χ1v) is 19.8. The zero-order valence-electron chi connectivity index (χ0n) is 28.4. The summed E-state index contributed by atoms with van der Waals surface area (Å²) in [6.07, 6.45) is 33.8. The van der Waals surface area contributed by atoms with Crippen molar-refractivity contribution >= 4 is 16.0 Å². The van der Waals surface area contributed by atoms with E-state index in [1.807, 2.05) is 0 Å². The summed E-state index contributed by atoms with van der Waals surface area (Å²) >= 11 is 0. The summed E-state index contributed by atoms with van der Waals surface area (Å²) < 4.78 is 32.3. The van der Waals surface area contributed by atoms with Gasteiger partial charge in [-0.25, -0.2) is 0 Å². The minimum absolute atomic E-state index is 0.266. The standard InChI is InChI=1S/C36H69NO6S/c1-3-5-7-9-11-13-15-16-17-18-19-20-21-23-24-26-28-30-34(38)33(32-44(41,42)43)37-36(40)35(39)31-29-27-25-22-14-12-10-8-6-4-2/h10,12,28,30,33-35,38-39H,3-9,11,13-27,29,31-32H2,1-2H3,(H,37,40)(H,41,42,43)/b12-10-,30-28+. The Bertz CT molecular complexity index is 813. The minimum atomic E-state index is -4.43. The van der Waals surface area contributed by atoms with Gasteiger partial charge in [0.1, 0.15) is 6.10 Å². The Balaban J connectivity index is 4.11. The van der Waals surface area contributed by atoms with Gasteiger partial charge in [0.2, 0.25) is 5.91 Å². The molecular formula is C36H69NO6S. The lowest BCUT2D eigenvalue weighted by Crippen LogP contribution is -2.50. The summed E-state index contributed by atoms with van der Waals surface area (Å²) in [7, 11) is -4.43. The quantitative estimate of drug-likeness (QED) is 0.0329. The number of aliphatic hydroxyl groups excluding tert-OH is 2. The summed E-state index contributed by atoms with van der Waals surface area (Å²) in [5.41, 5.74) is 0. The lowest BCUT2D eigenvalue weighted by Gasteiger charge is -2.22. The monoisotopic (exact) mass is 643 g/mol. The Morgan fingerprint density at radius 2 is 1.02 bits per heavy atom. The van der Waals surface area contributed by atoms with Crippen molar-refractivity contribution in [1.82, 2.24) is 5.32 Å². The Morgan fingerprint density at radius 3 is 1.50 bits per heavy atom. The van der Waals surface area contributed by atoms with Crippen LogP contribution in [0.15, 0.2) is 24.3 Å². The molecule has 7 nitrogen and oxygen atoms in total. The molecule has 0 bridgehead atoms. The Morgan fingerprint density at radius 1 is 0.614 bits per heavy atom. The number of nitrogens with one attached hydrogen (secondary N) is 1. The zero-order valence-corrected chi connectivity index (χ0v) is 29.2. The molecule has 44 heavy (non-hydrogen) atoms. The van der Waals surface area contributed by atoms with E-state index in [0.717, 1.165) is 51.4 Å². The summed E-state index contributed by atoms with van der Waals surface area (Å²) in [5.74, 6) is -1.55. The molecule has 0 saturated heterocycles. The topological polar surface area (TPSA) is 124 Å². The second-order valence-electron chi connectivity index (χ2n) is 12.6. The van der Waals surface area contributed by atoms with Crippen LogP contribution in [0.25, 0.3) is 0 Å². The van der Waals surface area contributed by atoms with E-state index < -0.39 is 40.0 Å². The molecule has 0 saturated carbocycles. The van der Waals surface area contributed by atoms with Crippen molar-refractivity contribution < 1.29 is 28.0 Å². The number of carbonyl (C=O) groups is 1. The molecule has 0 heterocycles. The fraction of sp³-hybridized carbons (Fsp3) is 0.861. The molecule has 0 aromatic heterocycles. The number of unbranched alkanes of at least 4 members (excludes halogenated alkanes) is 21. The molecular weight excluding hydrogens is 574 g/mol. The third-order valence-electron chi connectivity index (χ3n) is 8.23. The molecule has 3 atom stereocenters. The zero-order chi connectivity index (χ0) is 32.7. The van der Waals surface area contributed by atoms with E-state index in [1.54, 1.807) is 6.08 Å². The van der Waals surface area contributed by atoms with Crippen LogP contribution < -0.4 is 5.32 Å². The number of hydrogen-bond acceptors (Lipinski definition) is 5. The van der Waals surface area contributed by atoms with Crippen LogP contribution in [0, 0.1) is 0 Å². The predicted octanol–water partition coefficient (Wildman–Crippen LogP) is 8.99. The van der Waals surface area contributed by atoms with Gasteiger partial charge < -0.3 is 15.5 Å². The average Bonchev–Trinajstić information content (AvgIpc) is 2.98. The third kappa shape index (κ3) is 29.5. The van der Waals surface area contributed by atoms with Crippen molar-refractivity contribution in [1.29, 1.82) is 0 Å². The fourth-order valence-electron chi connectivity index (χ4n) is 5.38. The van der Waals surface area contributed by atoms with Gasteiger partial charge in [-0.1, -0.05) is 160 Å². The van der Waals surface area contributed by atoms with Gasteiger partial charge in [0.15, 0.2) is 0 Å². The largest absolute Gasteiger partial charge is 0.387 e. The fourth-order valence-corrected chi connectivity index (χ4v) is 6.11. The maximum atomic E-state index is 12.5. The molecule has 8 heteroatoms. The normalized spacial score (nSPS) is 14.4.